The lowest BCUT2D eigenvalue weighted by atomic mass is 10.2. The quantitative estimate of drug-likeness (QED) is 0.714. The molecule has 3 rings (SSSR count). The molecule has 0 unspecified atom stereocenters. The number of aromatic amines is 1. The predicted molar refractivity (Wildman–Crippen MR) is 67.3 cm³/mol. The molecular weight excluding hydrogens is 230 g/mol. The van der Waals surface area contributed by atoms with Gasteiger partial charge in [0.1, 0.15) is 0 Å². The first-order valence-corrected chi connectivity index (χ1v) is 5.46. The number of H-pyrrole nitrogens is 1. The Morgan fingerprint density at radius 2 is 2.28 bits per heavy atom. The van der Waals surface area contributed by atoms with E-state index >= 15 is 0 Å². The maximum absolute atomic E-state index is 12.0. The van der Waals surface area contributed by atoms with Crippen LogP contribution in [0.4, 0.5) is 5.82 Å². The first-order valence-electron chi connectivity index (χ1n) is 5.46. The number of nitrogens with one attached hydrogen (secondary N) is 2. The Morgan fingerprint density at radius 1 is 1.39 bits per heavy atom. The molecule has 3 aromatic rings. The van der Waals surface area contributed by atoms with Gasteiger partial charge in [0.05, 0.1) is 17.4 Å². The van der Waals surface area contributed by atoms with E-state index in [2.05, 4.69) is 20.4 Å². The fraction of sp³-hybridized carbons (Fsp3) is 0.0833. The van der Waals surface area contributed by atoms with Crippen molar-refractivity contribution in [1.82, 2.24) is 19.7 Å². The Labute approximate surface area is 103 Å². The highest BCUT2D eigenvalue weighted by atomic mass is 16.1. The molecule has 1 aromatic carbocycles. The number of imidazole rings is 1. The van der Waals surface area contributed by atoms with Crippen molar-refractivity contribution in [3.63, 3.8) is 0 Å². The number of carbonyl (C=O) groups is 1. The van der Waals surface area contributed by atoms with Crippen LogP contribution < -0.4 is 5.32 Å². The molecule has 0 radical (unpaired) electrons. The highest BCUT2D eigenvalue weighted by Gasteiger charge is 2.08. The molecule has 0 aliphatic carbocycles. The van der Waals surface area contributed by atoms with E-state index in [1.54, 1.807) is 48.5 Å². The van der Waals surface area contributed by atoms with Gasteiger partial charge >= 0.3 is 0 Å². The summed E-state index contributed by atoms with van der Waals surface area (Å²) in [6.07, 6.45) is 3.37. The average molecular weight is 241 g/mol. The zero-order chi connectivity index (χ0) is 12.5. The summed E-state index contributed by atoms with van der Waals surface area (Å²) in [5, 5.41) is 6.82. The monoisotopic (exact) mass is 241 g/mol. The van der Waals surface area contributed by atoms with Crippen molar-refractivity contribution in [3.05, 3.63) is 42.4 Å². The number of benzene rings is 1. The van der Waals surface area contributed by atoms with Gasteiger partial charge in [-0.25, -0.2) is 4.98 Å². The molecular formula is C12H11N5O. The van der Waals surface area contributed by atoms with Crippen molar-refractivity contribution in [2.75, 3.05) is 5.32 Å². The van der Waals surface area contributed by atoms with Crippen molar-refractivity contribution < 1.29 is 4.79 Å². The number of hydrogen-bond acceptors (Lipinski definition) is 3. The number of amides is 1. The Hall–Kier alpha value is -2.63. The summed E-state index contributed by atoms with van der Waals surface area (Å²) in [6.45, 7) is 0. The van der Waals surface area contributed by atoms with Crippen molar-refractivity contribution in [2.45, 2.75) is 0 Å². The highest BCUT2D eigenvalue weighted by Crippen LogP contribution is 2.13. The summed E-state index contributed by atoms with van der Waals surface area (Å²) in [5.74, 6) is 0.345. The number of anilines is 1. The molecule has 18 heavy (non-hydrogen) atoms. The molecule has 6 nitrogen and oxygen atoms in total. The van der Waals surface area contributed by atoms with Crippen LogP contribution in [-0.4, -0.2) is 25.7 Å². The first kappa shape index (κ1) is 10.5. The number of nitrogens with zero attached hydrogens (tertiary/aromatic N) is 3. The number of fused-ring (bicyclic) bond motifs is 1. The summed E-state index contributed by atoms with van der Waals surface area (Å²) in [7, 11) is 1.80. The largest absolute Gasteiger partial charge is 0.345 e. The lowest BCUT2D eigenvalue weighted by molar-refractivity contribution is 0.102. The average Bonchev–Trinajstić information content (AvgIpc) is 2.96. The summed E-state index contributed by atoms with van der Waals surface area (Å²) in [4.78, 5) is 19.1. The van der Waals surface area contributed by atoms with Crippen LogP contribution in [0.5, 0.6) is 0 Å². The van der Waals surface area contributed by atoms with E-state index in [0.29, 0.717) is 11.4 Å². The number of aryl methyl sites for hydroxylation is 1. The van der Waals surface area contributed by atoms with Gasteiger partial charge in [0, 0.05) is 24.9 Å². The lowest BCUT2D eigenvalue weighted by Gasteiger charge is -2.01. The van der Waals surface area contributed by atoms with Crippen molar-refractivity contribution >= 4 is 22.8 Å². The second-order valence-electron chi connectivity index (χ2n) is 3.96. The SMILES string of the molecule is Cn1ccc(NC(=O)c2ccc3nc[nH]c3c2)n1. The first-order chi connectivity index (χ1) is 8.72. The molecule has 1 amide bonds. The lowest BCUT2D eigenvalue weighted by Crippen LogP contribution is -2.12. The molecule has 0 atom stereocenters. The standard InChI is InChI=1S/C12H11N5O/c1-17-5-4-11(16-17)15-12(18)8-2-3-9-10(6-8)14-7-13-9/h2-7H,1H3,(H,13,14)(H,15,16,18). The van der Waals surface area contributed by atoms with Crippen LogP contribution in [0.25, 0.3) is 11.0 Å². The van der Waals surface area contributed by atoms with Gasteiger partial charge in [0.2, 0.25) is 0 Å². The maximum atomic E-state index is 12.0. The van der Waals surface area contributed by atoms with Gasteiger partial charge < -0.3 is 10.3 Å². The minimum absolute atomic E-state index is 0.190. The van der Waals surface area contributed by atoms with Crippen LogP contribution in [0.1, 0.15) is 10.4 Å². The molecule has 0 saturated carbocycles. The Balaban J connectivity index is 1.87. The molecule has 0 aliphatic rings. The zero-order valence-corrected chi connectivity index (χ0v) is 9.71. The highest BCUT2D eigenvalue weighted by molar-refractivity contribution is 6.05. The Morgan fingerprint density at radius 3 is 3.06 bits per heavy atom. The molecule has 0 saturated heterocycles. The molecule has 0 fully saturated rings. The van der Waals surface area contributed by atoms with Gasteiger partial charge in [-0.3, -0.25) is 9.48 Å². The third-order valence-corrected chi connectivity index (χ3v) is 2.64. The number of hydrogen-bond donors (Lipinski definition) is 2. The number of carbonyl (C=O) groups excluding carboxylic acids is 1. The minimum atomic E-state index is -0.190. The zero-order valence-electron chi connectivity index (χ0n) is 9.71. The topological polar surface area (TPSA) is 75.6 Å². The fourth-order valence-electron chi connectivity index (χ4n) is 1.75. The van der Waals surface area contributed by atoms with E-state index in [-0.39, 0.29) is 5.91 Å². The molecule has 2 aromatic heterocycles. The molecule has 6 heteroatoms. The van der Waals surface area contributed by atoms with Gasteiger partial charge in [-0.15, -0.1) is 0 Å². The third-order valence-electron chi connectivity index (χ3n) is 2.64. The van der Waals surface area contributed by atoms with Crippen molar-refractivity contribution in [1.29, 1.82) is 0 Å². The van der Waals surface area contributed by atoms with Crippen molar-refractivity contribution in [2.24, 2.45) is 7.05 Å². The van der Waals surface area contributed by atoms with Crippen LogP contribution in [0, 0.1) is 0 Å². The van der Waals surface area contributed by atoms with Gasteiger partial charge in [-0.05, 0) is 18.2 Å². The van der Waals surface area contributed by atoms with E-state index in [9.17, 15) is 4.79 Å². The molecule has 0 bridgehead atoms. The van der Waals surface area contributed by atoms with Gasteiger partial charge in [0.25, 0.3) is 5.91 Å². The van der Waals surface area contributed by atoms with Crippen LogP contribution in [0.15, 0.2) is 36.8 Å². The van der Waals surface area contributed by atoms with E-state index in [0.717, 1.165) is 11.0 Å². The third kappa shape index (κ3) is 1.84. The summed E-state index contributed by atoms with van der Waals surface area (Å²) in [6, 6.07) is 7.05. The molecule has 0 spiro atoms. The van der Waals surface area contributed by atoms with Gasteiger partial charge in [0.15, 0.2) is 5.82 Å². The predicted octanol–water partition coefficient (Wildman–Crippen LogP) is 1.55. The molecule has 0 aliphatic heterocycles. The Bertz CT molecular complexity index is 712. The van der Waals surface area contributed by atoms with Gasteiger partial charge in [-0.2, -0.15) is 5.10 Å². The second-order valence-corrected chi connectivity index (χ2v) is 3.96. The summed E-state index contributed by atoms with van der Waals surface area (Å²) in [5.41, 5.74) is 2.24. The number of rotatable bonds is 2. The minimum Gasteiger partial charge on any atom is -0.345 e. The van der Waals surface area contributed by atoms with Crippen LogP contribution in [0.3, 0.4) is 0 Å². The van der Waals surface area contributed by atoms with Crippen LogP contribution in [-0.2, 0) is 7.05 Å². The fourth-order valence-corrected chi connectivity index (χ4v) is 1.75. The number of aromatic nitrogens is 4. The van der Waals surface area contributed by atoms with E-state index in [4.69, 9.17) is 0 Å². The second kappa shape index (κ2) is 3.99. The molecule has 90 valence electrons. The van der Waals surface area contributed by atoms with Crippen LogP contribution >= 0.6 is 0 Å². The molecule has 2 heterocycles. The van der Waals surface area contributed by atoms with Crippen LogP contribution in [0.2, 0.25) is 0 Å². The van der Waals surface area contributed by atoms with E-state index in [1.807, 2.05) is 0 Å². The Kier molecular flexibility index (Phi) is 2.33. The smallest absolute Gasteiger partial charge is 0.256 e. The maximum Gasteiger partial charge on any atom is 0.256 e. The van der Waals surface area contributed by atoms with Crippen molar-refractivity contribution in [3.8, 4) is 0 Å². The van der Waals surface area contributed by atoms with E-state index < -0.39 is 0 Å². The summed E-state index contributed by atoms with van der Waals surface area (Å²) < 4.78 is 1.63. The van der Waals surface area contributed by atoms with Gasteiger partial charge in [-0.1, -0.05) is 0 Å². The normalized spacial score (nSPS) is 10.7. The van der Waals surface area contributed by atoms with E-state index in [1.165, 1.54) is 0 Å². The summed E-state index contributed by atoms with van der Waals surface area (Å²) >= 11 is 0. The molecule has 2 N–H and O–H groups in total.